The Bertz CT molecular complexity index is 498. The molecule has 2 aliphatic rings. The van der Waals surface area contributed by atoms with Crippen LogP contribution in [0.5, 0.6) is 0 Å². The average Bonchev–Trinajstić information content (AvgIpc) is 3.16. The van der Waals surface area contributed by atoms with E-state index in [1.807, 2.05) is 0 Å². The summed E-state index contributed by atoms with van der Waals surface area (Å²) in [4.78, 5) is 19.1. The van der Waals surface area contributed by atoms with Gasteiger partial charge in [-0.15, -0.1) is 0 Å². The largest absolute Gasteiger partial charge is 0.369 e. The maximum Gasteiger partial charge on any atom is 0.252 e. The van der Waals surface area contributed by atoms with E-state index in [0.29, 0.717) is 11.3 Å². The van der Waals surface area contributed by atoms with E-state index in [1.54, 1.807) is 6.07 Å². The van der Waals surface area contributed by atoms with Crippen LogP contribution in [0.15, 0.2) is 10.9 Å². The number of hydrogen-bond donors (Lipinski definition) is 2. The van der Waals surface area contributed by atoms with Gasteiger partial charge in [-0.25, -0.2) is 4.98 Å². The lowest BCUT2D eigenvalue weighted by Crippen LogP contribution is -2.27. The van der Waals surface area contributed by atoms with Crippen LogP contribution < -0.4 is 10.9 Å². The lowest BCUT2D eigenvalue weighted by molar-refractivity contribution is 0.306. The third kappa shape index (κ3) is 2.82. The maximum atomic E-state index is 11.7. The highest BCUT2D eigenvalue weighted by Gasteiger charge is 2.32. The van der Waals surface area contributed by atoms with E-state index in [4.69, 9.17) is 0 Å². The second-order valence-corrected chi connectivity index (χ2v) is 6.20. The fraction of sp³-hybridized carbons (Fsp3) is 0.733. The van der Waals surface area contributed by atoms with Gasteiger partial charge in [0, 0.05) is 18.5 Å². The average molecular weight is 261 g/mol. The number of aromatic amines is 1. The molecule has 3 rings (SSSR count). The van der Waals surface area contributed by atoms with Gasteiger partial charge in [-0.3, -0.25) is 4.79 Å². The number of nitrogens with one attached hydrogen (secondary N) is 2. The topological polar surface area (TPSA) is 57.8 Å². The Morgan fingerprint density at radius 1 is 1.42 bits per heavy atom. The fourth-order valence-corrected chi connectivity index (χ4v) is 3.18. The molecule has 0 saturated heterocycles. The highest BCUT2D eigenvalue weighted by atomic mass is 16.1. The van der Waals surface area contributed by atoms with Crippen molar-refractivity contribution in [2.45, 2.75) is 57.8 Å². The zero-order valence-electron chi connectivity index (χ0n) is 11.7. The molecular weight excluding hydrogens is 238 g/mol. The maximum absolute atomic E-state index is 11.7. The van der Waals surface area contributed by atoms with Gasteiger partial charge in [-0.1, -0.05) is 19.8 Å². The lowest BCUT2D eigenvalue weighted by Gasteiger charge is -2.27. The van der Waals surface area contributed by atoms with Gasteiger partial charge in [0.15, 0.2) is 0 Å². The van der Waals surface area contributed by atoms with Gasteiger partial charge < -0.3 is 10.3 Å². The number of aromatic nitrogens is 2. The molecule has 0 amide bonds. The van der Waals surface area contributed by atoms with Crippen LogP contribution in [0.2, 0.25) is 0 Å². The van der Waals surface area contributed by atoms with E-state index in [-0.39, 0.29) is 5.56 Å². The van der Waals surface area contributed by atoms with Crippen molar-refractivity contribution in [2.75, 3.05) is 11.9 Å². The monoisotopic (exact) mass is 261 g/mol. The summed E-state index contributed by atoms with van der Waals surface area (Å²) in [6, 6.07) is 1.59. The Morgan fingerprint density at radius 2 is 2.16 bits per heavy atom. The first-order chi connectivity index (χ1) is 9.21. The zero-order chi connectivity index (χ0) is 13.3. The van der Waals surface area contributed by atoms with Gasteiger partial charge in [-0.05, 0) is 37.5 Å². The van der Waals surface area contributed by atoms with Crippen LogP contribution in [0.1, 0.15) is 63.6 Å². The number of nitrogens with zero attached hydrogens (tertiary/aromatic N) is 1. The van der Waals surface area contributed by atoms with Crippen molar-refractivity contribution in [3.05, 3.63) is 22.2 Å². The molecule has 2 fully saturated rings. The van der Waals surface area contributed by atoms with Crippen molar-refractivity contribution in [3.63, 3.8) is 0 Å². The number of hydrogen-bond acceptors (Lipinski definition) is 3. The number of anilines is 1. The Labute approximate surface area is 114 Å². The van der Waals surface area contributed by atoms with Crippen molar-refractivity contribution >= 4 is 5.82 Å². The molecule has 0 atom stereocenters. The summed E-state index contributed by atoms with van der Waals surface area (Å²) >= 11 is 0. The summed E-state index contributed by atoms with van der Waals surface area (Å²) < 4.78 is 0. The molecule has 0 unspecified atom stereocenters. The minimum Gasteiger partial charge on any atom is -0.369 e. The van der Waals surface area contributed by atoms with E-state index in [1.165, 1.54) is 32.1 Å². The molecule has 0 bridgehead atoms. The smallest absolute Gasteiger partial charge is 0.252 e. The summed E-state index contributed by atoms with van der Waals surface area (Å²) in [5.74, 6) is 2.11. The summed E-state index contributed by atoms with van der Waals surface area (Å²) in [7, 11) is 0. The standard InChI is InChI=1S/C15H23N3O/c1-2-15(7-3-4-8-15)10-16-12-9-13(19)18-14(17-12)11-5-6-11/h9,11H,2-8,10H2,1H3,(H2,16,17,18,19). The first kappa shape index (κ1) is 12.7. The summed E-state index contributed by atoms with van der Waals surface area (Å²) in [6.45, 7) is 3.22. The van der Waals surface area contributed by atoms with Crippen LogP contribution in [-0.2, 0) is 0 Å². The Morgan fingerprint density at radius 3 is 2.79 bits per heavy atom. The Balaban J connectivity index is 1.70. The summed E-state index contributed by atoms with van der Waals surface area (Å²) in [5.41, 5.74) is 0.390. The van der Waals surface area contributed by atoms with Crippen molar-refractivity contribution in [1.29, 1.82) is 0 Å². The molecule has 1 heterocycles. The molecule has 1 aromatic rings. The van der Waals surface area contributed by atoms with E-state index < -0.39 is 0 Å². The third-order valence-electron chi connectivity index (χ3n) is 4.78. The predicted molar refractivity (Wildman–Crippen MR) is 76.5 cm³/mol. The lowest BCUT2D eigenvalue weighted by atomic mass is 9.83. The minimum absolute atomic E-state index is 0.0311. The molecular formula is C15H23N3O. The minimum atomic E-state index is -0.0311. The molecule has 0 spiro atoms. The molecule has 1 aromatic heterocycles. The van der Waals surface area contributed by atoms with Gasteiger partial charge in [-0.2, -0.15) is 0 Å². The molecule has 19 heavy (non-hydrogen) atoms. The molecule has 104 valence electrons. The second kappa shape index (κ2) is 4.99. The van der Waals surface area contributed by atoms with E-state index >= 15 is 0 Å². The van der Waals surface area contributed by atoms with E-state index in [0.717, 1.165) is 31.0 Å². The van der Waals surface area contributed by atoms with Gasteiger partial charge in [0.1, 0.15) is 11.6 Å². The molecule has 0 aliphatic heterocycles. The Kier molecular flexibility index (Phi) is 3.33. The van der Waals surface area contributed by atoms with Gasteiger partial charge in [0.2, 0.25) is 0 Å². The van der Waals surface area contributed by atoms with Crippen LogP contribution in [0, 0.1) is 5.41 Å². The van der Waals surface area contributed by atoms with Crippen LogP contribution in [0.25, 0.3) is 0 Å². The van der Waals surface area contributed by atoms with Crippen molar-refractivity contribution in [2.24, 2.45) is 5.41 Å². The van der Waals surface area contributed by atoms with Crippen LogP contribution in [0.4, 0.5) is 5.82 Å². The Hall–Kier alpha value is -1.32. The first-order valence-electron chi connectivity index (χ1n) is 7.56. The third-order valence-corrected chi connectivity index (χ3v) is 4.78. The quantitative estimate of drug-likeness (QED) is 0.856. The van der Waals surface area contributed by atoms with Crippen LogP contribution in [0.3, 0.4) is 0 Å². The highest BCUT2D eigenvalue weighted by Crippen LogP contribution is 2.41. The van der Waals surface area contributed by atoms with Crippen molar-refractivity contribution in [3.8, 4) is 0 Å². The van der Waals surface area contributed by atoms with Crippen LogP contribution in [-0.4, -0.2) is 16.5 Å². The van der Waals surface area contributed by atoms with Crippen LogP contribution >= 0.6 is 0 Å². The van der Waals surface area contributed by atoms with Crippen molar-refractivity contribution < 1.29 is 0 Å². The number of H-pyrrole nitrogens is 1. The van der Waals surface area contributed by atoms with E-state index in [2.05, 4.69) is 22.2 Å². The normalized spacial score (nSPS) is 21.5. The predicted octanol–water partition coefficient (Wildman–Crippen LogP) is 3.03. The fourth-order valence-electron chi connectivity index (χ4n) is 3.18. The molecule has 0 aromatic carbocycles. The summed E-state index contributed by atoms with van der Waals surface area (Å²) in [5, 5.41) is 3.41. The molecule has 4 heteroatoms. The molecule has 2 N–H and O–H groups in total. The molecule has 0 radical (unpaired) electrons. The first-order valence-corrected chi connectivity index (χ1v) is 7.56. The number of rotatable bonds is 5. The van der Waals surface area contributed by atoms with Gasteiger partial charge >= 0.3 is 0 Å². The second-order valence-electron chi connectivity index (χ2n) is 6.20. The van der Waals surface area contributed by atoms with E-state index in [9.17, 15) is 4.79 Å². The molecule has 2 aliphatic carbocycles. The summed E-state index contributed by atoms with van der Waals surface area (Å²) in [6.07, 6.45) is 8.80. The zero-order valence-corrected chi connectivity index (χ0v) is 11.7. The van der Waals surface area contributed by atoms with Gasteiger partial charge in [0.05, 0.1) is 0 Å². The van der Waals surface area contributed by atoms with Crippen molar-refractivity contribution in [1.82, 2.24) is 9.97 Å². The van der Waals surface area contributed by atoms with Gasteiger partial charge in [0.25, 0.3) is 5.56 Å². The molecule has 4 nitrogen and oxygen atoms in total. The molecule has 2 saturated carbocycles. The highest BCUT2D eigenvalue weighted by molar-refractivity contribution is 5.34. The SMILES string of the molecule is CCC1(CNc2cc(=O)[nH]c(C3CC3)n2)CCCC1.